The van der Waals surface area contributed by atoms with Gasteiger partial charge in [0.05, 0.1) is 19.1 Å². The minimum absolute atomic E-state index is 0.00570. The number of ether oxygens (including phenoxy) is 1. The molecule has 4 rings (SSSR count). The molecule has 1 saturated carbocycles. The number of carbonyl (C=O) groups excluding carboxylic acids is 1. The van der Waals surface area contributed by atoms with Crippen molar-refractivity contribution in [3.05, 3.63) is 66.7 Å². The molecule has 1 N–H and O–H groups in total. The number of carbonyl (C=O) groups is 1. The number of hydrogen-bond donors (Lipinski definition) is 1. The molecule has 3 aromatic rings. The summed E-state index contributed by atoms with van der Waals surface area (Å²) in [4.78, 5) is 16.9. The number of aromatic nitrogens is 2. The van der Waals surface area contributed by atoms with Crippen LogP contribution < -0.4 is 10.1 Å². The fourth-order valence-corrected chi connectivity index (χ4v) is 3.64. The molecule has 1 aliphatic carbocycles. The largest absolute Gasteiger partial charge is 0.497 e. The molecule has 1 fully saturated rings. The second kappa shape index (κ2) is 7.66. The summed E-state index contributed by atoms with van der Waals surface area (Å²) >= 11 is 0. The van der Waals surface area contributed by atoms with E-state index in [0.29, 0.717) is 11.6 Å². The van der Waals surface area contributed by atoms with Crippen LogP contribution in [0.3, 0.4) is 0 Å². The minimum atomic E-state index is -0.00570. The number of nitrogens with zero attached hydrogens (tertiary/aromatic N) is 2. The third-order valence-electron chi connectivity index (χ3n) is 5.13. The van der Waals surface area contributed by atoms with Crippen molar-refractivity contribution in [1.82, 2.24) is 14.9 Å². The molecule has 0 atom stereocenters. The van der Waals surface area contributed by atoms with Crippen LogP contribution in [0.15, 0.2) is 61.2 Å². The van der Waals surface area contributed by atoms with Crippen LogP contribution in [0.2, 0.25) is 0 Å². The summed E-state index contributed by atoms with van der Waals surface area (Å²) in [6.45, 7) is 0. The molecule has 0 radical (unpaired) electrons. The van der Waals surface area contributed by atoms with Gasteiger partial charge in [-0.2, -0.15) is 0 Å². The van der Waals surface area contributed by atoms with Crippen LogP contribution in [-0.4, -0.2) is 28.6 Å². The molecule has 5 heteroatoms. The maximum Gasteiger partial charge on any atom is 0.251 e. The maximum absolute atomic E-state index is 12.7. The van der Waals surface area contributed by atoms with Crippen molar-refractivity contribution in [1.29, 1.82) is 0 Å². The molecule has 1 amide bonds. The molecule has 5 nitrogen and oxygen atoms in total. The van der Waals surface area contributed by atoms with Gasteiger partial charge in [-0.3, -0.25) is 4.79 Å². The lowest BCUT2D eigenvalue weighted by Crippen LogP contribution is -2.32. The van der Waals surface area contributed by atoms with Gasteiger partial charge >= 0.3 is 0 Å². The minimum Gasteiger partial charge on any atom is -0.497 e. The zero-order valence-corrected chi connectivity index (χ0v) is 15.4. The summed E-state index contributed by atoms with van der Waals surface area (Å²) in [5, 5.41) is 3.17. The first-order chi connectivity index (χ1) is 13.2. The van der Waals surface area contributed by atoms with Gasteiger partial charge in [0, 0.05) is 29.6 Å². The van der Waals surface area contributed by atoms with Crippen molar-refractivity contribution >= 4 is 5.91 Å². The standard InChI is InChI=1S/C22H23N3O2/c1-27-19-9-6-16(7-10-19)20-14-17(22(26)24-18-4-2-3-5-18)8-11-21(20)25-13-12-23-15-25/h6-15,18H,2-5H2,1H3,(H,24,26). The van der Waals surface area contributed by atoms with Crippen LogP contribution in [-0.2, 0) is 0 Å². The van der Waals surface area contributed by atoms with Gasteiger partial charge in [-0.05, 0) is 48.7 Å². The van der Waals surface area contributed by atoms with E-state index in [1.165, 1.54) is 12.8 Å². The Morgan fingerprint density at radius 1 is 1.15 bits per heavy atom. The third-order valence-corrected chi connectivity index (χ3v) is 5.13. The Morgan fingerprint density at radius 2 is 1.93 bits per heavy atom. The summed E-state index contributed by atoms with van der Waals surface area (Å²) in [5.41, 5.74) is 3.66. The van der Waals surface area contributed by atoms with Gasteiger partial charge in [0.1, 0.15) is 5.75 Å². The zero-order valence-electron chi connectivity index (χ0n) is 15.4. The number of imidazole rings is 1. The van der Waals surface area contributed by atoms with E-state index in [9.17, 15) is 4.79 Å². The smallest absolute Gasteiger partial charge is 0.251 e. The van der Waals surface area contributed by atoms with E-state index in [4.69, 9.17) is 4.74 Å². The molecule has 138 valence electrons. The molecule has 27 heavy (non-hydrogen) atoms. The summed E-state index contributed by atoms with van der Waals surface area (Å²) in [6.07, 6.45) is 9.96. The van der Waals surface area contributed by atoms with Crippen molar-refractivity contribution in [3.63, 3.8) is 0 Å². The number of amides is 1. The Bertz CT molecular complexity index is 911. The highest BCUT2D eigenvalue weighted by Gasteiger charge is 2.19. The van der Waals surface area contributed by atoms with Crippen molar-refractivity contribution < 1.29 is 9.53 Å². The number of rotatable bonds is 5. The SMILES string of the molecule is COc1ccc(-c2cc(C(=O)NC3CCCC3)ccc2-n2ccnc2)cc1. The predicted molar refractivity (Wildman–Crippen MR) is 105 cm³/mol. The molecule has 0 spiro atoms. The Morgan fingerprint density at radius 3 is 2.59 bits per heavy atom. The quantitative estimate of drug-likeness (QED) is 0.740. The summed E-state index contributed by atoms with van der Waals surface area (Å²) < 4.78 is 7.22. The van der Waals surface area contributed by atoms with E-state index >= 15 is 0 Å². The topological polar surface area (TPSA) is 56.1 Å². The first-order valence-corrected chi connectivity index (χ1v) is 9.32. The average molecular weight is 361 g/mol. The Balaban J connectivity index is 1.71. The highest BCUT2D eigenvalue weighted by atomic mass is 16.5. The fourth-order valence-electron chi connectivity index (χ4n) is 3.64. The van der Waals surface area contributed by atoms with Gasteiger partial charge in [-0.25, -0.2) is 4.98 Å². The first kappa shape index (κ1) is 17.3. The van der Waals surface area contributed by atoms with Gasteiger partial charge in [0.2, 0.25) is 0 Å². The van der Waals surface area contributed by atoms with Crippen LogP contribution in [0, 0.1) is 0 Å². The lowest BCUT2D eigenvalue weighted by molar-refractivity contribution is 0.0938. The molecule has 2 aromatic carbocycles. The van der Waals surface area contributed by atoms with E-state index in [2.05, 4.69) is 10.3 Å². The van der Waals surface area contributed by atoms with Gasteiger partial charge in [0.15, 0.2) is 0 Å². The summed E-state index contributed by atoms with van der Waals surface area (Å²) in [6, 6.07) is 14.0. The number of hydrogen-bond acceptors (Lipinski definition) is 3. The van der Waals surface area contributed by atoms with Crippen molar-refractivity contribution in [2.24, 2.45) is 0 Å². The lowest BCUT2D eigenvalue weighted by atomic mass is 10.00. The Kier molecular flexibility index (Phi) is 4.92. The highest BCUT2D eigenvalue weighted by molar-refractivity contribution is 5.96. The monoisotopic (exact) mass is 361 g/mol. The molecule has 0 unspecified atom stereocenters. The van der Waals surface area contributed by atoms with Gasteiger partial charge < -0.3 is 14.6 Å². The number of benzene rings is 2. The second-order valence-electron chi connectivity index (χ2n) is 6.89. The predicted octanol–water partition coefficient (Wildman–Crippen LogP) is 4.22. The number of nitrogens with one attached hydrogen (secondary N) is 1. The Hall–Kier alpha value is -3.08. The van der Waals surface area contributed by atoms with Crippen molar-refractivity contribution in [2.45, 2.75) is 31.7 Å². The molecule has 0 aliphatic heterocycles. The molecule has 1 aromatic heterocycles. The first-order valence-electron chi connectivity index (χ1n) is 9.32. The van der Waals surface area contributed by atoms with Crippen molar-refractivity contribution in [2.75, 3.05) is 7.11 Å². The van der Waals surface area contributed by atoms with Crippen LogP contribution in [0.25, 0.3) is 16.8 Å². The molecule has 0 bridgehead atoms. The van der Waals surface area contributed by atoms with Crippen LogP contribution in [0.4, 0.5) is 0 Å². The lowest BCUT2D eigenvalue weighted by Gasteiger charge is -2.15. The normalized spacial score (nSPS) is 14.3. The van der Waals surface area contributed by atoms with Gasteiger partial charge in [0.25, 0.3) is 5.91 Å². The van der Waals surface area contributed by atoms with Gasteiger partial charge in [-0.15, -0.1) is 0 Å². The maximum atomic E-state index is 12.7. The molecule has 0 saturated heterocycles. The van der Waals surface area contributed by atoms with Crippen LogP contribution >= 0.6 is 0 Å². The second-order valence-corrected chi connectivity index (χ2v) is 6.89. The molecular formula is C22H23N3O2. The van der Waals surface area contributed by atoms with E-state index in [1.54, 1.807) is 19.6 Å². The van der Waals surface area contributed by atoms with E-state index in [-0.39, 0.29) is 5.91 Å². The average Bonchev–Trinajstić information content (AvgIpc) is 3.42. The highest BCUT2D eigenvalue weighted by Crippen LogP contribution is 2.30. The van der Waals surface area contributed by atoms with E-state index in [0.717, 1.165) is 35.4 Å². The molecule has 1 heterocycles. The Labute approximate surface area is 159 Å². The van der Waals surface area contributed by atoms with E-state index < -0.39 is 0 Å². The molecular weight excluding hydrogens is 338 g/mol. The van der Waals surface area contributed by atoms with Crippen LogP contribution in [0.1, 0.15) is 36.0 Å². The number of methoxy groups -OCH3 is 1. The fraction of sp³-hybridized carbons (Fsp3) is 0.273. The van der Waals surface area contributed by atoms with Gasteiger partial charge in [-0.1, -0.05) is 25.0 Å². The summed E-state index contributed by atoms with van der Waals surface area (Å²) in [5.74, 6) is 0.798. The third kappa shape index (κ3) is 3.72. The van der Waals surface area contributed by atoms with Crippen LogP contribution in [0.5, 0.6) is 5.75 Å². The van der Waals surface area contributed by atoms with Crippen molar-refractivity contribution in [3.8, 4) is 22.6 Å². The zero-order chi connectivity index (χ0) is 18.6. The molecule has 1 aliphatic rings. The van der Waals surface area contributed by atoms with E-state index in [1.807, 2.05) is 53.2 Å². The summed E-state index contributed by atoms with van der Waals surface area (Å²) in [7, 11) is 1.65.